The number of nitrogens with zero attached hydrogens (tertiary/aromatic N) is 2. The van der Waals surface area contributed by atoms with Gasteiger partial charge in [-0.1, -0.05) is 36.4 Å². The number of benzene rings is 2. The van der Waals surface area contributed by atoms with E-state index in [1.807, 2.05) is 42.5 Å². The molecule has 0 unspecified atom stereocenters. The average Bonchev–Trinajstić information content (AvgIpc) is 3.31. The first-order valence-corrected chi connectivity index (χ1v) is 8.67. The molecule has 0 aliphatic carbocycles. The van der Waals surface area contributed by atoms with Crippen molar-refractivity contribution in [2.75, 3.05) is 6.79 Å². The van der Waals surface area contributed by atoms with Crippen LogP contribution in [0.4, 0.5) is 0 Å². The van der Waals surface area contributed by atoms with Crippen LogP contribution in [0.2, 0.25) is 0 Å². The van der Waals surface area contributed by atoms with Gasteiger partial charge in [-0.15, -0.1) is 0 Å². The number of aromatic amines is 1. The van der Waals surface area contributed by atoms with Crippen molar-refractivity contribution in [2.45, 2.75) is 6.42 Å². The molecule has 0 amide bonds. The quantitative estimate of drug-likeness (QED) is 0.592. The lowest BCUT2D eigenvalue weighted by Crippen LogP contribution is -1.95. The molecule has 0 radical (unpaired) electrons. The van der Waals surface area contributed by atoms with Gasteiger partial charge >= 0.3 is 0 Å². The lowest BCUT2D eigenvalue weighted by atomic mass is 10.0. The Morgan fingerprint density at radius 2 is 1.81 bits per heavy atom. The number of aromatic nitrogens is 2. The van der Waals surface area contributed by atoms with Crippen LogP contribution in [0.3, 0.4) is 0 Å². The van der Waals surface area contributed by atoms with Gasteiger partial charge in [0.1, 0.15) is 11.8 Å². The van der Waals surface area contributed by atoms with Crippen LogP contribution >= 0.6 is 0 Å². The molecule has 0 bridgehead atoms. The third kappa shape index (κ3) is 2.68. The van der Waals surface area contributed by atoms with Crippen LogP contribution in [-0.2, 0) is 6.42 Å². The summed E-state index contributed by atoms with van der Waals surface area (Å²) in [6.07, 6.45) is 0.611. The number of rotatable bonds is 3. The van der Waals surface area contributed by atoms with Gasteiger partial charge in [0.15, 0.2) is 11.5 Å². The Bertz CT molecular complexity index is 1190. The standard InChI is InChI=1S/C22H15N3O2/c23-12-16-8-4-7-15(24-16)9-18-17-10-20-21(27-13-26-20)11-19(17)25-22(18)14-5-2-1-3-6-14/h1-8,10-11,25H,9,13H2. The summed E-state index contributed by atoms with van der Waals surface area (Å²) in [7, 11) is 0. The Morgan fingerprint density at radius 1 is 1.00 bits per heavy atom. The summed E-state index contributed by atoms with van der Waals surface area (Å²) in [4.78, 5) is 7.98. The number of ether oxygens (including phenoxy) is 2. The maximum absolute atomic E-state index is 9.15. The van der Waals surface area contributed by atoms with Gasteiger partial charge in [0.2, 0.25) is 6.79 Å². The van der Waals surface area contributed by atoms with Crippen molar-refractivity contribution in [1.82, 2.24) is 9.97 Å². The SMILES string of the molecule is N#Cc1cccc(Cc2c(-c3ccccc3)[nH]c3cc4c(cc23)OCO4)n1. The van der Waals surface area contributed by atoms with E-state index in [1.165, 1.54) is 0 Å². The molecule has 3 heterocycles. The fraction of sp³-hybridized carbons (Fsp3) is 0.0909. The minimum Gasteiger partial charge on any atom is -0.454 e. The second kappa shape index (κ2) is 6.19. The van der Waals surface area contributed by atoms with Gasteiger partial charge in [-0.25, -0.2) is 4.98 Å². The summed E-state index contributed by atoms with van der Waals surface area (Å²) in [5, 5.41) is 10.2. The maximum atomic E-state index is 9.15. The molecule has 5 heteroatoms. The van der Waals surface area contributed by atoms with Crippen molar-refractivity contribution in [3.8, 4) is 28.8 Å². The first-order chi connectivity index (χ1) is 13.3. The Labute approximate surface area is 155 Å². The van der Waals surface area contributed by atoms with Gasteiger partial charge in [0.05, 0.1) is 11.2 Å². The normalized spacial score (nSPS) is 12.3. The smallest absolute Gasteiger partial charge is 0.231 e. The summed E-state index contributed by atoms with van der Waals surface area (Å²) in [6, 6.07) is 21.8. The summed E-state index contributed by atoms with van der Waals surface area (Å²) in [5.41, 5.74) is 5.53. The van der Waals surface area contributed by atoms with Crippen molar-refractivity contribution in [1.29, 1.82) is 5.26 Å². The van der Waals surface area contributed by atoms with Gasteiger partial charge in [-0.2, -0.15) is 5.26 Å². The Kier molecular flexibility index (Phi) is 3.54. The van der Waals surface area contributed by atoms with Crippen molar-refractivity contribution in [2.24, 2.45) is 0 Å². The van der Waals surface area contributed by atoms with Crippen LogP contribution in [0.15, 0.2) is 60.7 Å². The van der Waals surface area contributed by atoms with Gasteiger partial charge in [-0.05, 0) is 29.3 Å². The molecular formula is C22H15N3O2. The van der Waals surface area contributed by atoms with Gasteiger partial charge in [0, 0.05) is 23.6 Å². The van der Waals surface area contributed by atoms with E-state index < -0.39 is 0 Å². The first-order valence-electron chi connectivity index (χ1n) is 8.67. The highest BCUT2D eigenvalue weighted by molar-refractivity contribution is 5.93. The van der Waals surface area contributed by atoms with E-state index in [2.05, 4.69) is 28.2 Å². The number of hydrogen-bond acceptors (Lipinski definition) is 4. The predicted octanol–water partition coefficient (Wildman–Crippen LogP) is 4.42. The number of nitrogens with one attached hydrogen (secondary N) is 1. The molecule has 5 nitrogen and oxygen atoms in total. The summed E-state index contributed by atoms with van der Waals surface area (Å²) in [5.74, 6) is 1.50. The molecule has 0 spiro atoms. The van der Waals surface area contributed by atoms with E-state index in [4.69, 9.17) is 14.7 Å². The Morgan fingerprint density at radius 3 is 2.63 bits per heavy atom. The largest absolute Gasteiger partial charge is 0.454 e. The number of hydrogen-bond donors (Lipinski definition) is 1. The summed E-state index contributed by atoms with van der Waals surface area (Å²) < 4.78 is 11.1. The highest BCUT2D eigenvalue weighted by Gasteiger charge is 2.20. The fourth-order valence-electron chi connectivity index (χ4n) is 3.50. The minimum atomic E-state index is 0.245. The third-order valence-electron chi connectivity index (χ3n) is 4.74. The van der Waals surface area contributed by atoms with Gasteiger partial charge in [0.25, 0.3) is 0 Å². The van der Waals surface area contributed by atoms with E-state index in [1.54, 1.807) is 6.07 Å². The molecule has 0 saturated heterocycles. The molecule has 0 saturated carbocycles. The van der Waals surface area contributed by atoms with Crippen molar-refractivity contribution >= 4 is 10.9 Å². The lowest BCUT2D eigenvalue weighted by molar-refractivity contribution is 0.174. The number of pyridine rings is 1. The van der Waals surface area contributed by atoms with Crippen LogP contribution in [-0.4, -0.2) is 16.8 Å². The molecule has 5 rings (SSSR count). The second-order valence-corrected chi connectivity index (χ2v) is 6.40. The summed E-state index contributed by atoms with van der Waals surface area (Å²) >= 11 is 0. The van der Waals surface area contributed by atoms with Crippen LogP contribution in [0, 0.1) is 11.3 Å². The van der Waals surface area contributed by atoms with Crippen LogP contribution in [0.1, 0.15) is 17.0 Å². The minimum absolute atomic E-state index is 0.245. The zero-order chi connectivity index (χ0) is 18.2. The van der Waals surface area contributed by atoms with Gasteiger partial charge in [-0.3, -0.25) is 0 Å². The zero-order valence-corrected chi connectivity index (χ0v) is 14.4. The summed E-state index contributed by atoms with van der Waals surface area (Å²) in [6.45, 7) is 0.245. The fourth-order valence-corrected chi connectivity index (χ4v) is 3.50. The molecule has 1 aliphatic rings. The van der Waals surface area contributed by atoms with E-state index in [9.17, 15) is 0 Å². The van der Waals surface area contributed by atoms with E-state index in [0.717, 1.165) is 44.9 Å². The van der Waals surface area contributed by atoms with Crippen LogP contribution < -0.4 is 9.47 Å². The molecule has 0 fully saturated rings. The number of nitriles is 1. The van der Waals surface area contributed by atoms with E-state index >= 15 is 0 Å². The van der Waals surface area contributed by atoms with Crippen molar-refractivity contribution in [3.63, 3.8) is 0 Å². The zero-order valence-electron chi connectivity index (χ0n) is 14.4. The topological polar surface area (TPSA) is 70.9 Å². The lowest BCUT2D eigenvalue weighted by Gasteiger charge is -2.06. The second-order valence-electron chi connectivity index (χ2n) is 6.40. The van der Waals surface area contributed by atoms with Crippen molar-refractivity contribution in [3.05, 3.63) is 77.6 Å². The number of H-pyrrole nitrogens is 1. The van der Waals surface area contributed by atoms with E-state index in [-0.39, 0.29) is 6.79 Å². The monoisotopic (exact) mass is 353 g/mol. The molecule has 27 heavy (non-hydrogen) atoms. The Hall–Kier alpha value is -3.78. The first kappa shape index (κ1) is 15.5. The predicted molar refractivity (Wildman–Crippen MR) is 102 cm³/mol. The molecule has 1 N–H and O–H groups in total. The van der Waals surface area contributed by atoms with Gasteiger partial charge < -0.3 is 14.5 Å². The highest BCUT2D eigenvalue weighted by Crippen LogP contribution is 2.40. The maximum Gasteiger partial charge on any atom is 0.231 e. The van der Waals surface area contributed by atoms with Crippen molar-refractivity contribution < 1.29 is 9.47 Å². The molecule has 130 valence electrons. The molecule has 2 aromatic carbocycles. The number of fused-ring (bicyclic) bond motifs is 2. The van der Waals surface area contributed by atoms with Crippen LogP contribution in [0.5, 0.6) is 11.5 Å². The molecule has 1 aliphatic heterocycles. The third-order valence-corrected chi connectivity index (χ3v) is 4.74. The Balaban J connectivity index is 1.71. The van der Waals surface area contributed by atoms with Crippen LogP contribution in [0.25, 0.3) is 22.2 Å². The molecule has 2 aromatic heterocycles. The molecule has 0 atom stereocenters. The molecular weight excluding hydrogens is 338 g/mol. The molecule has 4 aromatic rings. The van der Waals surface area contributed by atoms with E-state index in [0.29, 0.717) is 12.1 Å². The highest BCUT2D eigenvalue weighted by atomic mass is 16.7. The average molecular weight is 353 g/mol.